The summed E-state index contributed by atoms with van der Waals surface area (Å²) in [5, 5.41) is 14.0. The van der Waals surface area contributed by atoms with E-state index in [9.17, 15) is 0 Å². The molecule has 0 bridgehead atoms. The van der Waals surface area contributed by atoms with E-state index in [2.05, 4.69) is 36.3 Å². The lowest BCUT2D eigenvalue weighted by Gasteiger charge is -1.98. The molecule has 0 saturated heterocycles. The van der Waals surface area contributed by atoms with Gasteiger partial charge in [0.25, 0.3) is 0 Å². The molecule has 0 atom stereocenters. The number of rotatable bonds is 6. The molecule has 0 radical (unpaired) electrons. The SMILES string of the molecule is CCNCCCc1nnc(C(C)C)s1. The van der Waals surface area contributed by atoms with Gasteiger partial charge < -0.3 is 5.32 Å². The van der Waals surface area contributed by atoms with Gasteiger partial charge in [-0.2, -0.15) is 0 Å². The molecule has 0 saturated carbocycles. The van der Waals surface area contributed by atoms with Crippen LogP contribution in [0.2, 0.25) is 0 Å². The molecule has 1 rings (SSSR count). The van der Waals surface area contributed by atoms with E-state index in [1.165, 1.54) is 5.01 Å². The fourth-order valence-corrected chi connectivity index (χ4v) is 2.03. The van der Waals surface area contributed by atoms with Crippen LogP contribution >= 0.6 is 11.3 Å². The zero-order chi connectivity index (χ0) is 10.4. The van der Waals surface area contributed by atoms with Crippen molar-refractivity contribution >= 4 is 11.3 Å². The minimum Gasteiger partial charge on any atom is -0.317 e. The molecule has 0 unspecified atom stereocenters. The van der Waals surface area contributed by atoms with Gasteiger partial charge in [0, 0.05) is 12.3 Å². The van der Waals surface area contributed by atoms with Crippen molar-refractivity contribution in [1.82, 2.24) is 15.5 Å². The molecular weight excluding hydrogens is 194 g/mol. The standard InChI is InChI=1S/C10H19N3S/c1-4-11-7-5-6-9-12-13-10(14-9)8(2)3/h8,11H,4-7H2,1-3H3. The summed E-state index contributed by atoms with van der Waals surface area (Å²) in [6, 6.07) is 0. The average molecular weight is 213 g/mol. The molecule has 0 aliphatic carbocycles. The fraction of sp³-hybridized carbons (Fsp3) is 0.800. The van der Waals surface area contributed by atoms with Gasteiger partial charge >= 0.3 is 0 Å². The Hall–Kier alpha value is -0.480. The maximum Gasteiger partial charge on any atom is 0.119 e. The summed E-state index contributed by atoms with van der Waals surface area (Å²) >= 11 is 1.75. The first kappa shape index (κ1) is 11.6. The van der Waals surface area contributed by atoms with E-state index < -0.39 is 0 Å². The highest BCUT2D eigenvalue weighted by atomic mass is 32.1. The van der Waals surface area contributed by atoms with Crippen LogP contribution in [0.3, 0.4) is 0 Å². The molecule has 1 aromatic rings. The maximum absolute atomic E-state index is 4.18. The average Bonchev–Trinajstić information content (AvgIpc) is 2.61. The van der Waals surface area contributed by atoms with Crippen molar-refractivity contribution < 1.29 is 0 Å². The lowest BCUT2D eigenvalue weighted by atomic mass is 10.2. The van der Waals surface area contributed by atoms with E-state index in [0.29, 0.717) is 5.92 Å². The smallest absolute Gasteiger partial charge is 0.119 e. The molecule has 0 aliphatic rings. The molecule has 0 aliphatic heterocycles. The maximum atomic E-state index is 4.18. The molecule has 0 spiro atoms. The predicted octanol–water partition coefficient (Wildman–Crippen LogP) is 2.20. The fourth-order valence-electron chi connectivity index (χ4n) is 1.14. The van der Waals surface area contributed by atoms with Crippen LogP contribution in [-0.2, 0) is 6.42 Å². The van der Waals surface area contributed by atoms with E-state index in [1.54, 1.807) is 11.3 Å². The number of nitrogens with one attached hydrogen (secondary N) is 1. The Balaban J connectivity index is 2.29. The number of hydrogen-bond donors (Lipinski definition) is 1. The van der Waals surface area contributed by atoms with Crippen LogP contribution in [0.1, 0.15) is 43.1 Å². The Bertz CT molecular complexity index is 258. The molecule has 4 heteroatoms. The minimum absolute atomic E-state index is 0.509. The van der Waals surface area contributed by atoms with Crippen molar-refractivity contribution in [1.29, 1.82) is 0 Å². The topological polar surface area (TPSA) is 37.8 Å². The minimum atomic E-state index is 0.509. The Kier molecular flexibility index (Phi) is 5.04. The molecule has 1 N–H and O–H groups in total. The van der Waals surface area contributed by atoms with Gasteiger partial charge in [-0.3, -0.25) is 0 Å². The van der Waals surface area contributed by atoms with Gasteiger partial charge in [0.15, 0.2) is 0 Å². The highest BCUT2D eigenvalue weighted by Crippen LogP contribution is 2.19. The molecule has 14 heavy (non-hydrogen) atoms. The summed E-state index contributed by atoms with van der Waals surface area (Å²) in [5.41, 5.74) is 0. The van der Waals surface area contributed by atoms with Crippen LogP contribution in [0.15, 0.2) is 0 Å². The molecule has 80 valence electrons. The van der Waals surface area contributed by atoms with E-state index in [1.807, 2.05) is 0 Å². The third kappa shape index (κ3) is 3.72. The van der Waals surface area contributed by atoms with Gasteiger partial charge in [-0.1, -0.05) is 20.8 Å². The third-order valence-corrected chi connectivity index (χ3v) is 3.25. The van der Waals surface area contributed by atoms with Crippen LogP contribution in [0.25, 0.3) is 0 Å². The van der Waals surface area contributed by atoms with Crippen molar-refractivity contribution in [2.24, 2.45) is 0 Å². The first-order valence-corrected chi connectivity index (χ1v) is 6.08. The summed E-state index contributed by atoms with van der Waals surface area (Å²) in [5.74, 6) is 0.509. The van der Waals surface area contributed by atoms with Crippen molar-refractivity contribution in [3.63, 3.8) is 0 Å². The lowest BCUT2D eigenvalue weighted by Crippen LogP contribution is -2.14. The van der Waals surface area contributed by atoms with E-state index in [4.69, 9.17) is 0 Å². The second-order valence-electron chi connectivity index (χ2n) is 3.65. The van der Waals surface area contributed by atoms with Crippen LogP contribution in [-0.4, -0.2) is 23.3 Å². The summed E-state index contributed by atoms with van der Waals surface area (Å²) in [6.45, 7) is 8.56. The quantitative estimate of drug-likeness (QED) is 0.736. The normalized spacial score (nSPS) is 11.1. The van der Waals surface area contributed by atoms with Crippen molar-refractivity contribution in [2.75, 3.05) is 13.1 Å². The van der Waals surface area contributed by atoms with Crippen LogP contribution in [0, 0.1) is 0 Å². The predicted molar refractivity (Wildman–Crippen MR) is 60.9 cm³/mol. The second-order valence-corrected chi connectivity index (χ2v) is 4.74. The summed E-state index contributed by atoms with van der Waals surface area (Å²) in [6.07, 6.45) is 2.21. The van der Waals surface area contributed by atoms with Crippen LogP contribution in [0.4, 0.5) is 0 Å². The summed E-state index contributed by atoms with van der Waals surface area (Å²) < 4.78 is 0. The molecule has 0 amide bonds. The van der Waals surface area contributed by atoms with Gasteiger partial charge in [-0.15, -0.1) is 21.5 Å². The number of aryl methyl sites for hydroxylation is 1. The zero-order valence-corrected chi connectivity index (χ0v) is 10.0. The Labute approximate surface area is 89.9 Å². The molecular formula is C10H19N3S. The zero-order valence-electron chi connectivity index (χ0n) is 9.21. The summed E-state index contributed by atoms with van der Waals surface area (Å²) in [4.78, 5) is 0. The molecule has 0 fully saturated rings. The van der Waals surface area contributed by atoms with E-state index in [0.717, 1.165) is 30.9 Å². The largest absolute Gasteiger partial charge is 0.317 e. The van der Waals surface area contributed by atoms with Crippen LogP contribution < -0.4 is 5.32 Å². The van der Waals surface area contributed by atoms with Crippen molar-refractivity contribution in [3.8, 4) is 0 Å². The van der Waals surface area contributed by atoms with Gasteiger partial charge in [-0.25, -0.2) is 0 Å². The van der Waals surface area contributed by atoms with Gasteiger partial charge in [0.05, 0.1) is 0 Å². The number of aromatic nitrogens is 2. The monoisotopic (exact) mass is 213 g/mol. The lowest BCUT2D eigenvalue weighted by molar-refractivity contribution is 0.668. The van der Waals surface area contributed by atoms with Crippen molar-refractivity contribution in [2.45, 2.75) is 39.5 Å². The Morgan fingerprint density at radius 2 is 2.14 bits per heavy atom. The molecule has 1 aromatic heterocycles. The van der Waals surface area contributed by atoms with Crippen LogP contribution in [0.5, 0.6) is 0 Å². The first-order chi connectivity index (χ1) is 6.74. The van der Waals surface area contributed by atoms with Gasteiger partial charge in [-0.05, 0) is 19.5 Å². The van der Waals surface area contributed by atoms with E-state index in [-0.39, 0.29) is 0 Å². The molecule has 1 heterocycles. The van der Waals surface area contributed by atoms with Gasteiger partial charge in [0.2, 0.25) is 0 Å². The highest BCUT2D eigenvalue weighted by Gasteiger charge is 2.06. The molecule has 0 aromatic carbocycles. The Morgan fingerprint density at radius 1 is 1.36 bits per heavy atom. The summed E-state index contributed by atoms with van der Waals surface area (Å²) in [7, 11) is 0. The Morgan fingerprint density at radius 3 is 2.71 bits per heavy atom. The highest BCUT2D eigenvalue weighted by molar-refractivity contribution is 7.11. The van der Waals surface area contributed by atoms with Crippen molar-refractivity contribution in [3.05, 3.63) is 10.0 Å². The number of hydrogen-bond acceptors (Lipinski definition) is 4. The second kappa shape index (κ2) is 6.09. The molecule has 3 nitrogen and oxygen atoms in total. The van der Waals surface area contributed by atoms with Gasteiger partial charge in [0.1, 0.15) is 10.0 Å². The number of nitrogens with zero attached hydrogens (tertiary/aromatic N) is 2. The third-order valence-electron chi connectivity index (χ3n) is 1.97. The first-order valence-electron chi connectivity index (χ1n) is 5.27. The van der Waals surface area contributed by atoms with E-state index >= 15 is 0 Å².